The van der Waals surface area contributed by atoms with Gasteiger partial charge in [-0.25, -0.2) is 8.78 Å². The molecule has 0 aliphatic carbocycles. The molecule has 1 aromatic carbocycles. The maximum absolute atomic E-state index is 13.7. The molecule has 0 bridgehead atoms. The van der Waals surface area contributed by atoms with Crippen LogP contribution in [0.3, 0.4) is 0 Å². The van der Waals surface area contributed by atoms with E-state index >= 15 is 0 Å². The lowest BCUT2D eigenvalue weighted by Gasteiger charge is -2.37. The third-order valence-electron chi connectivity index (χ3n) is 3.92. The number of amides is 1. The number of nitrogens with zero attached hydrogens (tertiary/aromatic N) is 3. The Bertz CT molecular complexity index is 868. The van der Waals surface area contributed by atoms with Gasteiger partial charge in [-0.3, -0.25) is 4.79 Å². The zero-order valence-electron chi connectivity index (χ0n) is 12.3. The molecule has 122 valence electrons. The van der Waals surface area contributed by atoms with Crippen LogP contribution in [0.15, 0.2) is 39.5 Å². The predicted molar refractivity (Wildman–Crippen MR) is 82.6 cm³/mol. The van der Waals surface area contributed by atoms with Gasteiger partial charge in [0, 0.05) is 24.0 Å². The number of rotatable bonds is 3. The highest BCUT2D eigenvalue weighted by atomic mass is 32.1. The molecule has 0 spiro atoms. The molecule has 0 N–H and O–H groups in total. The van der Waals surface area contributed by atoms with E-state index < -0.39 is 23.1 Å². The van der Waals surface area contributed by atoms with Crippen LogP contribution in [-0.4, -0.2) is 34.0 Å². The monoisotopic (exact) mass is 347 g/mol. The molecule has 5 nitrogen and oxygen atoms in total. The first kappa shape index (κ1) is 14.9. The number of thiophene rings is 1. The van der Waals surface area contributed by atoms with Gasteiger partial charge < -0.3 is 9.42 Å². The smallest absolute Gasteiger partial charge is 0.259 e. The van der Waals surface area contributed by atoms with Crippen LogP contribution in [0.4, 0.5) is 8.78 Å². The molecule has 1 saturated heterocycles. The minimum absolute atomic E-state index is 0.122. The first-order valence-corrected chi connectivity index (χ1v) is 8.17. The highest BCUT2D eigenvalue weighted by Crippen LogP contribution is 2.30. The molecule has 1 aliphatic rings. The second-order valence-corrected chi connectivity index (χ2v) is 6.25. The van der Waals surface area contributed by atoms with E-state index in [1.54, 1.807) is 0 Å². The van der Waals surface area contributed by atoms with Crippen LogP contribution in [0.25, 0.3) is 11.4 Å². The van der Waals surface area contributed by atoms with E-state index in [1.807, 2.05) is 16.8 Å². The number of aromatic nitrogens is 2. The normalized spacial score (nSPS) is 14.7. The summed E-state index contributed by atoms with van der Waals surface area (Å²) in [6.45, 7) is 0.579. The van der Waals surface area contributed by atoms with E-state index in [2.05, 4.69) is 10.1 Å². The summed E-state index contributed by atoms with van der Waals surface area (Å²) in [6.07, 6.45) is 0. The summed E-state index contributed by atoms with van der Waals surface area (Å²) in [5.74, 6) is -1.59. The average Bonchev–Trinajstić information content (AvgIpc) is 3.16. The number of carbonyl (C=O) groups excluding carboxylic acids is 1. The SMILES string of the molecule is O=C(c1c(F)cccc1F)N1CC(c2nc(-c3ccsc3)no2)C1. The first-order valence-electron chi connectivity index (χ1n) is 7.23. The van der Waals surface area contributed by atoms with E-state index in [-0.39, 0.29) is 19.0 Å². The molecule has 1 fully saturated rings. The van der Waals surface area contributed by atoms with Gasteiger partial charge in [-0.2, -0.15) is 16.3 Å². The van der Waals surface area contributed by atoms with Gasteiger partial charge in [-0.1, -0.05) is 11.2 Å². The molecule has 4 rings (SSSR count). The summed E-state index contributed by atoms with van der Waals surface area (Å²) in [4.78, 5) is 17.9. The molecule has 8 heteroatoms. The molecule has 0 atom stereocenters. The van der Waals surface area contributed by atoms with Crippen molar-refractivity contribution in [1.82, 2.24) is 15.0 Å². The maximum atomic E-state index is 13.7. The zero-order valence-corrected chi connectivity index (χ0v) is 13.1. The standard InChI is InChI=1S/C16H11F2N3O2S/c17-11-2-1-3-12(18)13(11)16(22)21-6-10(7-21)15-19-14(20-23-15)9-4-5-24-8-9/h1-5,8,10H,6-7H2. The summed E-state index contributed by atoms with van der Waals surface area (Å²) in [5.41, 5.74) is 0.344. The van der Waals surface area contributed by atoms with E-state index in [1.165, 1.54) is 22.3 Å². The van der Waals surface area contributed by atoms with Crippen molar-refractivity contribution in [3.8, 4) is 11.4 Å². The van der Waals surface area contributed by atoms with Crippen molar-refractivity contribution in [2.75, 3.05) is 13.1 Å². The molecule has 1 amide bonds. The van der Waals surface area contributed by atoms with Crippen LogP contribution in [-0.2, 0) is 0 Å². The number of hydrogen-bond acceptors (Lipinski definition) is 5. The summed E-state index contributed by atoms with van der Waals surface area (Å²) >= 11 is 1.53. The first-order chi connectivity index (χ1) is 11.6. The number of benzene rings is 1. The highest BCUT2D eigenvalue weighted by molar-refractivity contribution is 7.08. The Hall–Kier alpha value is -2.61. The molecule has 0 saturated carbocycles. The summed E-state index contributed by atoms with van der Waals surface area (Å²) in [6, 6.07) is 5.25. The quantitative estimate of drug-likeness (QED) is 0.729. The van der Waals surface area contributed by atoms with Crippen molar-refractivity contribution in [1.29, 1.82) is 0 Å². The third kappa shape index (κ3) is 2.48. The summed E-state index contributed by atoms with van der Waals surface area (Å²) < 4.78 is 32.6. The summed E-state index contributed by atoms with van der Waals surface area (Å²) in [5, 5.41) is 7.74. The van der Waals surface area contributed by atoms with Gasteiger partial charge in [0.05, 0.1) is 5.92 Å². The lowest BCUT2D eigenvalue weighted by Crippen LogP contribution is -2.49. The fourth-order valence-corrected chi connectivity index (χ4v) is 3.21. The third-order valence-corrected chi connectivity index (χ3v) is 4.60. The Morgan fingerprint density at radius 2 is 2.00 bits per heavy atom. The van der Waals surface area contributed by atoms with E-state index in [4.69, 9.17) is 4.52 Å². The Morgan fingerprint density at radius 1 is 1.25 bits per heavy atom. The minimum Gasteiger partial charge on any atom is -0.339 e. The molecular weight excluding hydrogens is 336 g/mol. The lowest BCUT2D eigenvalue weighted by atomic mass is 9.98. The molecule has 0 unspecified atom stereocenters. The van der Waals surface area contributed by atoms with Crippen LogP contribution >= 0.6 is 11.3 Å². The Morgan fingerprint density at radius 3 is 2.67 bits per heavy atom. The molecule has 24 heavy (non-hydrogen) atoms. The Balaban J connectivity index is 1.46. The number of halogens is 2. The topological polar surface area (TPSA) is 59.2 Å². The largest absolute Gasteiger partial charge is 0.339 e. The average molecular weight is 347 g/mol. The molecule has 2 aromatic heterocycles. The van der Waals surface area contributed by atoms with Crippen molar-refractivity contribution < 1.29 is 18.1 Å². The van der Waals surface area contributed by atoms with Crippen LogP contribution in [0.2, 0.25) is 0 Å². The Kier molecular flexibility index (Phi) is 3.61. The van der Waals surface area contributed by atoms with Crippen LogP contribution in [0.1, 0.15) is 22.2 Å². The summed E-state index contributed by atoms with van der Waals surface area (Å²) in [7, 11) is 0. The highest BCUT2D eigenvalue weighted by Gasteiger charge is 2.37. The van der Waals surface area contributed by atoms with E-state index in [0.29, 0.717) is 11.7 Å². The van der Waals surface area contributed by atoms with Crippen molar-refractivity contribution in [3.05, 3.63) is 58.1 Å². The van der Waals surface area contributed by atoms with Gasteiger partial charge in [0.25, 0.3) is 5.91 Å². The lowest BCUT2D eigenvalue weighted by molar-refractivity contribution is 0.0559. The molecular formula is C16H11F2N3O2S. The van der Waals surface area contributed by atoms with E-state index in [0.717, 1.165) is 17.7 Å². The van der Waals surface area contributed by atoms with Gasteiger partial charge in [-0.15, -0.1) is 0 Å². The molecule has 3 aromatic rings. The van der Waals surface area contributed by atoms with Gasteiger partial charge in [0.1, 0.15) is 17.2 Å². The molecule has 0 radical (unpaired) electrons. The fourth-order valence-electron chi connectivity index (χ4n) is 2.57. The van der Waals surface area contributed by atoms with Crippen molar-refractivity contribution >= 4 is 17.2 Å². The van der Waals surface area contributed by atoms with Crippen LogP contribution in [0, 0.1) is 11.6 Å². The predicted octanol–water partition coefficient (Wildman–Crippen LogP) is 3.32. The number of hydrogen-bond donors (Lipinski definition) is 0. The van der Waals surface area contributed by atoms with Crippen molar-refractivity contribution in [3.63, 3.8) is 0 Å². The van der Waals surface area contributed by atoms with Crippen molar-refractivity contribution in [2.24, 2.45) is 0 Å². The van der Waals surface area contributed by atoms with Crippen molar-refractivity contribution in [2.45, 2.75) is 5.92 Å². The molecule has 1 aliphatic heterocycles. The zero-order chi connectivity index (χ0) is 16.7. The van der Waals surface area contributed by atoms with Gasteiger partial charge >= 0.3 is 0 Å². The second kappa shape index (κ2) is 5.79. The van der Waals surface area contributed by atoms with Gasteiger partial charge in [0.15, 0.2) is 0 Å². The maximum Gasteiger partial charge on any atom is 0.259 e. The Labute approximate surface area is 139 Å². The van der Waals surface area contributed by atoms with Gasteiger partial charge in [-0.05, 0) is 23.6 Å². The number of likely N-dealkylation sites (tertiary alicyclic amines) is 1. The number of carbonyl (C=O) groups is 1. The van der Waals surface area contributed by atoms with E-state index in [9.17, 15) is 13.6 Å². The van der Waals surface area contributed by atoms with Crippen LogP contribution in [0.5, 0.6) is 0 Å². The fraction of sp³-hybridized carbons (Fsp3) is 0.188. The van der Waals surface area contributed by atoms with Crippen LogP contribution < -0.4 is 0 Å². The molecule has 3 heterocycles. The van der Waals surface area contributed by atoms with Gasteiger partial charge in [0.2, 0.25) is 11.7 Å². The minimum atomic E-state index is -0.860. The second-order valence-electron chi connectivity index (χ2n) is 5.47.